The van der Waals surface area contributed by atoms with Crippen molar-refractivity contribution in [3.8, 4) is 0 Å². The first-order chi connectivity index (χ1) is 9.97. The van der Waals surface area contributed by atoms with Crippen molar-refractivity contribution in [2.24, 2.45) is 0 Å². The molecular formula is C15H14F2N2O2. The van der Waals surface area contributed by atoms with E-state index in [1.165, 1.54) is 12.1 Å². The van der Waals surface area contributed by atoms with Gasteiger partial charge < -0.3 is 5.32 Å². The van der Waals surface area contributed by atoms with Gasteiger partial charge in [0.25, 0.3) is 5.69 Å². The van der Waals surface area contributed by atoms with E-state index in [9.17, 15) is 18.9 Å². The Kier molecular flexibility index (Phi) is 4.59. The maximum absolute atomic E-state index is 13.2. The summed E-state index contributed by atoms with van der Waals surface area (Å²) >= 11 is 0. The Labute approximate surface area is 120 Å². The third kappa shape index (κ3) is 3.82. The van der Waals surface area contributed by atoms with Crippen LogP contribution < -0.4 is 5.32 Å². The number of nitro groups is 1. The summed E-state index contributed by atoms with van der Waals surface area (Å²) < 4.78 is 26.1. The van der Waals surface area contributed by atoms with E-state index < -0.39 is 10.7 Å². The van der Waals surface area contributed by atoms with Crippen LogP contribution in [0.4, 0.5) is 14.5 Å². The Morgan fingerprint density at radius 1 is 1.14 bits per heavy atom. The number of hydrogen-bond acceptors (Lipinski definition) is 3. The van der Waals surface area contributed by atoms with Gasteiger partial charge in [0.15, 0.2) is 0 Å². The lowest BCUT2D eigenvalue weighted by Gasteiger charge is -2.14. The van der Waals surface area contributed by atoms with Crippen LogP contribution in [0.3, 0.4) is 0 Å². The molecule has 21 heavy (non-hydrogen) atoms. The summed E-state index contributed by atoms with van der Waals surface area (Å²) in [5.41, 5.74) is 0.986. The third-order valence-electron chi connectivity index (χ3n) is 3.21. The molecule has 0 aliphatic heterocycles. The highest BCUT2D eigenvalue weighted by Gasteiger charge is 2.15. The Morgan fingerprint density at radius 2 is 1.76 bits per heavy atom. The molecule has 4 nitrogen and oxygen atoms in total. The maximum Gasteiger partial charge on any atom is 0.274 e. The van der Waals surface area contributed by atoms with Crippen LogP contribution in [-0.2, 0) is 6.54 Å². The van der Waals surface area contributed by atoms with Crippen LogP contribution in [0, 0.1) is 21.7 Å². The largest absolute Gasteiger partial charge is 0.306 e. The molecule has 1 N–H and O–H groups in total. The molecule has 0 fully saturated rings. The number of nitrogens with zero attached hydrogens (tertiary/aromatic N) is 1. The predicted octanol–water partition coefficient (Wildman–Crippen LogP) is 3.72. The molecule has 0 aromatic heterocycles. The topological polar surface area (TPSA) is 55.2 Å². The normalized spacial score (nSPS) is 12.1. The summed E-state index contributed by atoms with van der Waals surface area (Å²) in [5.74, 6) is -0.849. The minimum Gasteiger partial charge on any atom is -0.306 e. The van der Waals surface area contributed by atoms with E-state index in [4.69, 9.17) is 0 Å². The summed E-state index contributed by atoms with van der Waals surface area (Å²) in [6.45, 7) is 1.99. The summed E-state index contributed by atoms with van der Waals surface area (Å²) in [4.78, 5) is 10.4. The van der Waals surface area contributed by atoms with E-state index >= 15 is 0 Å². The molecule has 6 heteroatoms. The smallest absolute Gasteiger partial charge is 0.274 e. The minimum atomic E-state index is -0.543. The molecule has 0 aliphatic carbocycles. The quantitative estimate of drug-likeness (QED) is 0.675. The highest BCUT2D eigenvalue weighted by Crippen LogP contribution is 2.21. The van der Waals surface area contributed by atoms with Crippen molar-refractivity contribution in [2.75, 3.05) is 0 Å². The third-order valence-corrected chi connectivity index (χ3v) is 3.21. The van der Waals surface area contributed by atoms with Gasteiger partial charge >= 0.3 is 0 Å². The van der Waals surface area contributed by atoms with Crippen molar-refractivity contribution in [3.05, 3.63) is 75.3 Å². The van der Waals surface area contributed by atoms with Gasteiger partial charge in [-0.05, 0) is 36.8 Å². The van der Waals surface area contributed by atoms with Crippen LogP contribution in [-0.4, -0.2) is 4.92 Å². The summed E-state index contributed by atoms with van der Waals surface area (Å²) in [7, 11) is 0. The molecule has 0 aliphatic rings. The monoisotopic (exact) mass is 292 g/mol. The lowest BCUT2D eigenvalue weighted by molar-refractivity contribution is -0.385. The fraction of sp³-hybridized carbons (Fsp3) is 0.200. The van der Waals surface area contributed by atoms with E-state index in [1.54, 1.807) is 12.1 Å². The van der Waals surface area contributed by atoms with Gasteiger partial charge in [-0.15, -0.1) is 0 Å². The highest BCUT2D eigenvalue weighted by molar-refractivity contribution is 5.40. The van der Waals surface area contributed by atoms with Crippen molar-refractivity contribution in [1.29, 1.82) is 0 Å². The van der Waals surface area contributed by atoms with Gasteiger partial charge in [0.05, 0.1) is 4.92 Å². The SMILES string of the molecule is CC(NCc1cc(F)ccc1[N+](=O)[O-])c1ccc(F)cc1. The predicted molar refractivity (Wildman–Crippen MR) is 74.7 cm³/mol. The molecular weight excluding hydrogens is 278 g/mol. The first-order valence-corrected chi connectivity index (χ1v) is 6.39. The molecule has 1 unspecified atom stereocenters. The Morgan fingerprint density at radius 3 is 2.38 bits per heavy atom. The molecule has 1 atom stereocenters. The van der Waals surface area contributed by atoms with E-state index in [1.807, 2.05) is 6.92 Å². The summed E-state index contributed by atoms with van der Waals surface area (Å²) in [5, 5.41) is 14.0. The van der Waals surface area contributed by atoms with E-state index in [0.717, 1.165) is 23.8 Å². The number of nitrogens with one attached hydrogen (secondary N) is 1. The Bertz CT molecular complexity index is 645. The zero-order valence-corrected chi connectivity index (χ0v) is 11.3. The van der Waals surface area contributed by atoms with Crippen molar-refractivity contribution in [2.45, 2.75) is 19.5 Å². The average Bonchev–Trinajstić information content (AvgIpc) is 2.45. The summed E-state index contributed by atoms with van der Waals surface area (Å²) in [6, 6.07) is 9.16. The standard InChI is InChI=1S/C15H14F2N2O2/c1-10(11-2-4-13(16)5-3-11)18-9-12-8-14(17)6-7-15(12)19(20)21/h2-8,10,18H,9H2,1H3. The maximum atomic E-state index is 13.2. The van der Waals surface area contributed by atoms with Crippen molar-refractivity contribution in [1.82, 2.24) is 5.32 Å². The number of rotatable bonds is 5. The van der Waals surface area contributed by atoms with Gasteiger partial charge in [-0.2, -0.15) is 0 Å². The van der Waals surface area contributed by atoms with E-state index in [2.05, 4.69) is 5.32 Å². The highest BCUT2D eigenvalue weighted by atomic mass is 19.1. The molecule has 0 spiro atoms. The molecule has 0 saturated heterocycles. The molecule has 0 saturated carbocycles. The first-order valence-electron chi connectivity index (χ1n) is 6.39. The van der Waals surface area contributed by atoms with E-state index in [0.29, 0.717) is 0 Å². The van der Waals surface area contributed by atoms with Gasteiger partial charge in [-0.25, -0.2) is 8.78 Å². The molecule has 2 rings (SSSR count). The van der Waals surface area contributed by atoms with Gasteiger partial charge in [0.1, 0.15) is 11.6 Å². The Balaban J connectivity index is 2.10. The molecule has 0 heterocycles. The van der Waals surface area contributed by atoms with Gasteiger partial charge in [0.2, 0.25) is 0 Å². The number of halogens is 2. The fourth-order valence-electron chi connectivity index (χ4n) is 2.01. The Hall–Kier alpha value is -2.34. The summed E-state index contributed by atoms with van der Waals surface area (Å²) in [6.07, 6.45) is 0. The van der Waals surface area contributed by atoms with Gasteiger partial charge in [0, 0.05) is 24.2 Å². The van der Waals surface area contributed by atoms with E-state index in [-0.39, 0.29) is 29.7 Å². The van der Waals surface area contributed by atoms with Crippen LogP contribution in [0.5, 0.6) is 0 Å². The molecule has 2 aromatic rings. The molecule has 110 valence electrons. The molecule has 0 radical (unpaired) electrons. The van der Waals surface area contributed by atoms with Crippen LogP contribution in [0.1, 0.15) is 24.1 Å². The van der Waals surface area contributed by atoms with Crippen molar-refractivity contribution >= 4 is 5.69 Å². The first kappa shape index (κ1) is 15.1. The van der Waals surface area contributed by atoms with Crippen LogP contribution in [0.2, 0.25) is 0 Å². The molecule has 0 bridgehead atoms. The average molecular weight is 292 g/mol. The van der Waals surface area contributed by atoms with Crippen molar-refractivity contribution < 1.29 is 13.7 Å². The zero-order valence-electron chi connectivity index (χ0n) is 11.3. The minimum absolute atomic E-state index is 0.129. The van der Waals surface area contributed by atoms with Gasteiger partial charge in [-0.3, -0.25) is 10.1 Å². The molecule has 0 amide bonds. The number of hydrogen-bond donors (Lipinski definition) is 1. The lowest BCUT2D eigenvalue weighted by atomic mass is 10.1. The van der Waals surface area contributed by atoms with Crippen LogP contribution in [0.15, 0.2) is 42.5 Å². The number of benzene rings is 2. The zero-order chi connectivity index (χ0) is 15.4. The molecule has 2 aromatic carbocycles. The van der Waals surface area contributed by atoms with Crippen molar-refractivity contribution in [3.63, 3.8) is 0 Å². The van der Waals surface area contributed by atoms with Crippen LogP contribution >= 0.6 is 0 Å². The second-order valence-electron chi connectivity index (χ2n) is 4.68. The lowest BCUT2D eigenvalue weighted by Crippen LogP contribution is -2.19. The second kappa shape index (κ2) is 6.41. The second-order valence-corrected chi connectivity index (χ2v) is 4.68. The van der Waals surface area contributed by atoms with Gasteiger partial charge in [-0.1, -0.05) is 12.1 Å². The van der Waals surface area contributed by atoms with Crippen LogP contribution in [0.25, 0.3) is 0 Å². The fourth-order valence-corrected chi connectivity index (χ4v) is 2.01. The number of nitro benzene ring substituents is 1.